The number of fused-ring (bicyclic) bond motifs is 1. The number of nitrogens with two attached hydrogens (primary N) is 1. The zero-order chi connectivity index (χ0) is 21.4. The van der Waals surface area contributed by atoms with Crippen molar-refractivity contribution in [1.29, 1.82) is 0 Å². The van der Waals surface area contributed by atoms with Gasteiger partial charge in [0.15, 0.2) is 6.20 Å². The fraction of sp³-hybridized carbons (Fsp3) is 0.115. The van der Waals surface area contributed by atoms with Crippen molar-refractivity contribution in [3.05, 3.63) is 113 Å². The average Bonchev–Trinajstić information content (AvgIpc) is 3.28. The van der Waals surface area contributed by atoms with E-state index >= 15 is 0 Å². The van der Waals surface area contributed by atoms with Gasteiger partial charge in [-0.15, -0.1) is 0 Å². The number of benzene rings is 2. The molecule has 0 unspecified atom stereocenters. The number of nitrogens with zero attached hydrogens (tertiary/aromatic N) is 4. The van der Waals surface area contributed by atoms with Crippen LogP contribution in [0.2, 0.25) is 0 Å². The maximum Gasteiger partial charge on any atom is 0.237 e. The van der Waals surface area contributed by atoms with Crippen molar-refractivity contribution in [2.24, 2.45) is 4.99 Å². The van der Waals surface area contributed by atoms with Gasteiger partial charge in [0.05, 0.1) is 18.3 Å². The van der Waals surface area contributed by atoms with Crippen LogP contribution in [0.3, 0.4) is 0 Å². The van der Waals surface area contributed by atoms with Crippen molar-refractivity contribution < 1.29 is 4.57 Å². The van der Waals surface area contributed by atoms with Crippen molar-refractivity contribution in [3.8, 4) is 0 Å². The first-order valence-electron chi connectivity index (χ1n) is 10.4. The van der Waals surface area contributed by atoms with Gasteiger partial charge in [0.2, 0.25) is 11.4 Å². The van der Waals surface area contributed by atoms with Crippen LogP contribution in [0, 0.1) is 6.92 Å². The molecule has 4 aromatic rings. The number of pyridine rings is 1. The molecule has 0 saturated carbocycles. The maximum absolute atomic E-state index is 6.44. The third-order valence-corrected chi connectivity index (χ3v) is 5.65. The summed E-state index contributed by atoms with van der Waals surface area (Å²) in [5.41, 5.74) is 14.9. The third-order valence-electron chi connectivity index (χ3n) is 5.65. The van der Waals surface area contributed by atoms with Gasteiger partial charge in [0.1, 0.15) is 17.2 Å². The second-order valence-corrected chi connectivity index (χ2v) is 7.81. The fourth-order valence-electron chi connectivity index (χ4n) is 3.99. The highest BCUT2D eigenvalue weighted by molar-refractivity contribution is 6.17. The lowest BCUT2D eigenvalue weighted by molar-refractivity contribution is -0.577. The highest BCUT2D eigenvalue weighted by Gasteiger charge is 2.34. The molecule has 0 fully saturated rings. The van der Waals surface area contributed by atoms with E-state index in [1.54, 1.807) is 10.9 Å². The Balaban J connectivity index is 1.56. The summed E-state index contributed by atoms with van der Waals surface area (Å²) in [6.45, 7) is 4.81. The highest BCUT2D eigenvalue weighted by Crippen LogP contribution is 2.29. The molecular formula is C26H24N5+. The van der Waals surface area contributed by atoms with E-state index in [0.717, 1.165) is 33.8 Å². The van der Waals surface area contributed by atoms with E-state index in [-0.39, 0.29) is 0 Å². The Hall–Kier alpha value is -3.99. The molecule has 5 heteroatoms. The number of aryl methyl sites for hydroxylation is 1. The summed E-state index contributed by atoms with van der Waals surface area (Å²) in [4.78, 5) is 4.96. The van der Waals surface area contributed by atoms with Crippen LogP contribution in [-0.2, 0) is 6.54 Å². The van der Waals surface area contributed by atoms with Gasteiger partial charge < -0.3 is 5.73 Å². The number of anilines is 1. The standard InChI is InChI=1S/C26H23N5/c1-18-11-13-20(14-12-18)17-31-26(27)22(16-28-31)29-24-19(2)25(21-8-4-3-5-9-21)30-15-7-6-10-23(24)30/h3-16,27H,17H2,1-2H3/p+1. The van der Waals surface area contributed by atoms with E-state index in [1.165, 1.54) is 5.56 Å². The number of aromatic nitrogens is 3. The smallest absolute Gasteiger partial charge is 0.237 e. The first-order chi connectivity index (χ1) is 15.1. The zero-order valence-electron chi connectivity index (χ0n) is 17.7. The van der Waals surface area contributed by atoms with E-state index in [2.05, 4.69) is 84.3 Å². The molecule has 0 radical (unpaired) electrons. The molecule has 2 aromatic carbocycles. The monoisotopic (exact) mass is 406 g/mol. The van der Waals surface area contributed by atoms with Gasteiger partial charge in [-0.2, -0.15) is 9.67 Å². The first kappa shape index (κ1) is 19.0. The summed E-state index contributed by atoms with van der Waals surface area (Å²) in [6, 6.07) is 25.0. The average molecular weight is 407 g/mol. The third kappa shape index (κ3) is 3.44. The molecule has 0 atom stereocenters. The molecule has 5 rings (SSSR count). The molecule has 0 saturated heterocycles. The molecule has 5 nitrogen and oxygen atoms in total. The van der Waals surface area contributed by atoms with Crippen LogP contribution >= 0.6 is 0 Å². The van der Waals surface area contributed by atoms with Gasteiger partial charge in [0, 0.05) is 17.7 Å². The van der Waals surface area contributed by atoms with Crippen LogP contribution in [0.1, 0.15) is 29.3 Å². The lowest BCUT2D eigenvalue weighted by Gasteiger charge is -2.05. The van der Waals surface area contributed by atoms with Crippen LogP contribution in [-0.4, -0.2) is 15.5 Å². The van der Waals surface area contributed by atoms with Gasteiger partial charge in [-0.1, -0.05) is 48.0 Å². The Morgan fingerprint density at radius 1 is 0.935 bits per heavy atom. The second-order valence-electron chi connectivity index (χ2n) is 7.81. The molecule has 0 amide bonds. The predicted octanol–water partition coefficient (Wildman–Crippen LogP) is 4.52. The number of aliphatic imine (C=N–C) groups is 1. The van der Waals surface area contributed by atoms with Crippen molar-refractivity contribution in [3.63, 3.8) is 0 Å². The van der Waals surface area contributed by atoms with E-state index in [1.807, 2.05) is 18.2 Å². The van der Waals surface area contributed by atoms with Crippen molar-refractivity contribution in [2.45, 2.75) is 20.4 Å². The van der Waals surface area contributed by atoms with Gasteiger partial charge >= 0.3 is 0 Å². The van der Waals surface area contributed by atoms with Crippen LogP contribution < -0.4 is 10.3 Å². The second kappa shape index (κ2) is 7.69. The van der Waals surface area contributed by atoms with Crippen LogP contribution in [0.25, 0.3) is 5.70 Å². The highest BCUT2D eigenvalue weighted by atomic mass is 15.3. The SMILES string of the molecule is CC1=C(c2ccccc2)[n+]2ccccc2/C1=N/c1cnn(Cc2ccc(C)cc2)c1N. The van der Waals surface area contributed by atoms with Crippen LogP contribution in [0.4, 0.5) is 11.5 Å². The van der Waals surface area contributed by atoms with Gasteiger partial charge in [-0.25, -0.2) is 9.67 Å². The Morgan fingerprint density at radius 2 is 1.68 bits per heavy atom. The number of rotatable bonds is 4. The number of hydrogen-bond acceptors (Lipinski definition) is 3. The molecule has 0 aliphatic carbocycles. The normalized spacial score (nSPS) is 14.3. The van der Waals surface area contributed by atoms with Gasteiger partial charge in [-0.3, -0.25) is 0 Å². The molecular weight excluding hydrogens is 382 g/mol. The minimum atomic E-state index is 0.566. The largest absolute Gasteiger partial charge is 0.382 e. The minimum Gasteiger partial charge on any atom is -0.382 e. The Kier molecular flexibility index (Phi) is 4.71. The Morgan fingerprint density at radius 3 is 2.45 bits per heavy atom. The summed E-state index contributed by atoms with van der Waals surface area (Å²) < 4.78 is 3.99. The summed E-state index contributed by atoms with van der Waals surface area (Å²) in [6.07, 6.45) is 3.82. The van der Waals surface area contributed by atoms with E-state index in [4.69, 9.17) is 10.7 Å². The minimum absolute atomic E-state index is 0.566. The van der Waals surface area contributed by atoms with E-state index in [9.17, 15) is 0 Å². The summed E-state index contributed by atoms with van der Waals surface area (Å²) in [5.74, 6) is 0.566. The van der Waals surface area contributed by atoms with Gasteiger partial charge in [0.25, 0.3) is 0 Å². The Bertz CT molecular complexity index is 1310. The number of allylic oxidation sites excluding steroid dienone is 1. The van der Waals surface area contributed by atoms with Crippen LogP contribution in [0.15, 0.2) is 95.8 Å². The maximum atomic E-state index is 6.44. The zero-order valence-corrected chi connectivity index (χ0v) is 17.7. The molecule has 1 aliphatic heterocycles. The topological polar surface area (TPSA) is 60.1 Å². The lowest BCUT2D eigenvalue weighted by Crippen LogP contribution is -2.34. The molecule has 2 aromatic heterocycles. The van der Waals surface area contributed by atoms with E-state index in [0.29, 0.717) is 18.1 Å². The lowest BCUT2D eigenvalue weighted by atomic mass is 10.1. The summed E-state index contributed by atoms with van der Waals surface area (Å²) in [7, 11) is 0. The molecule has 0 spiro atoms. The molecule has 2 N–H and O–H groups in total. The van der Waals surface area contributed by atoms with Crippen molar-refractivity contribution >= 4 is 22.9 Å². The number of hydrogen-bond donors (Lipinski definition) is 1. The molecule has 3 heterocycles. The van der Waals surface area contributed by atoms with Crippen molar-refractivity contribution in [1.82, 2.24) is 9.78 Å². The quantitative estimate of drug-likeness (QED) is 0.507. The molecule has 152 valence electrons. The Labute approximate surface area is 181 Å². The predicted molar refractivity (Wildman–Crippen MR) is 124 cm³/mol. The number of nitrogen functional groups attached to an aromatic ring is 1. The van der Waals surface area contributed by atoms with Crippen molar-refractivity contribution in [2.75, 3.05) is 5.73 Å². The first-order valence-corrected chi connectivity index (χ1v) is 10.4. The molecule has 1 aliphatic rings. The van der Waals surface area contributed by atoms with E-state index < -0.39 is 0 Å². The summed E-state index contributed by atoms with van der Waals surface area (Å²) >= 11 is 0. The van der Waals surface area contributed by atoms with Gasteiger partial charge in [-0.05, 0) is 37.6 Å². The molecule has 0 bridgehead atoms. The fourth-order valence-corrected chi connectivity index (χ4v) is 3.99. The van der Waals surface area contributed by atoms with Crippen LogP contribution in [0.5, 0.6) is 0 Å². The summed E-state index contributed by atoms with van der Waals surface area (Å²) in [5, 5.41) is 4.50. The molecule has 31 heavy (non-hydrogen) atoms.